The van der Waals surface area contributed by atoms with Gasteiger partial charge in [0.2, 0.25) is 10.0 Å². The Labute approximate surface area is 144 Å². The molecule has 1 saturated heterocycles. The molecule has 1 heterocycles. The van der Waals surface area contributed by atoms with Gasteiger partial charge < -0.3 is 4.90 Å². The van der Waals surface area contributed by atoms with Crippen LogP contribution in [0.1, 0.15) is 49.0 Å². The van der Waals surface area contributed by atoms with E-state index in [0.717, 1.165) is 37.9 Å². The van der Waals surface area contributed by atoms with E-state index in [-0.39, 0.29) is 16.8 Å². The van der Waals surface area contributed by atoms with Crippen LogP contribution in [0, 0.1) is 18.8 Å². The largest absolute Gasteiger partial charge is 0.338 e. The molecule has 0 aromatic heterocycles. The molecule has 2 aliphatic rings. The summed E-state index contributed by atoms with van der Waals surface area (Å²) in [5.74, 6) is 0.886. The second-order valence-corrected chi connectivity index (χ2v) is 9.24. The number of hydrogen-bond acceptors (Lipinski definition) is 3. The van der Waals surface area contributed by atoms with Crippen molar-refractivity contribution in [1.82, 2.24) is 9.62 Å². The molecular weight excluding hydrogens is 324 g/mol. The summed E-state index contributed by atoms with van der Waals surface area (Å²) in [5.41, 5.74) is 1.31. The van der Waals surface area contributed by atoms with Gasteiger partial charge >= 0.3 is 0 Å². The summed E-state index contributed by atoms with van der Waals surface area (Å²) in [4.78, 5) is 15.0. The highest BCUT2D eigenvalue weighted by Gasteiger charge is 2.30. The van der Waals surface area contributed by atoms with Crippen molar-refractivity contribution in [2.24, 2.45) is 11.8 Å². The first-order valence-electron chi connectivity index (χ1n) is 8.68. The van der Waals surface area contributed by atoms with E-state index in [1.807, 2.05) is 11.8 Å². The number of rotatable bonds is 4. The molecule has 5 nitrogen and oxygen atoms in total. The molecule has 0 spiro atoms. The molecule has 1 aliphatic heterocycles. The Morgan fingerprint density at radius 1 is 1.17 bits per heavy atom. The van der Waals surface area contributed by atoms with Gasteiger partial charge in [-0.15, -0.1) is 0 Å². The van der Waals surface area contributed by atoms with Crippen molar-refractivity contribution in [3.8, 4) is 0 Å². The first kappa shape index (κ1) is 17.4. The lowest BCUT2D eigenvalue weighted by molar-refractivity contribution is 0.0622. The number of carbonyl (C=O) groups is 1. The normalized spacial score (nSPS) is 24.9. The minimum absolute atomic E-state index is 0.0549. The van der Waals surface area contributed by atoms with Gasteiger partial charge in [0.1, 0.15) is 0 Å². The number of amides is 1. The van der Waals surface area contributed by atoms with Crippen molar-refractivity contribution < 1.29 is 13.2 Å². The van der Waals surface area contributed by atoms with Gasteiger partial charge in [0.25, 0.3) is 5.91 Å². The van der Waals surface area contributed by atoms with Crippen LogP contribution in [0.3, 0.4) is 0 Å². The van der Waals surface area contributed by atoms with Crippen molar-refractivity contribution in [3.05, 3.63) is 29.3 Å². The van der Waals surface area contributed by atoms with Gasteiger partial charge in [-0.05, 0) is 55.7 Å². The molecule has 1 saturated carbocycles. The van der Waals surface area contributed by atoms with E-state index in [1.54, 1.807) is 12.1 Å². The fourth-order valence-electron chi connectivity index (χ4n) is 3.49. The van der Waals surface area contributed by atoms with Crippen LogP contribution in [0.15, 0.2) is 23.1 Å². The first-order valence-corrected chi connectivity index (χ1v) is 10.2. The predicted octanol–water partition coefficient (Wildman–Crippen LogP) is 2.55. The summed E-state index contributed by atoms with van der Waals surface area (Å²) in [6, 6.07) is 4.90. The average molecular weight is 350 g/mol. The molecule has 1 N–H and O–H groups in total. The minimum atomic E-state index is -3.54. The second kappa shape index (κ2) is 6.48. The molecule has 1 aromatic carbocycles. The summed E-state index contributed by atoms with van der Waals surface area (Å²) >= 11 is 0. The lowest BCUT2D eigenvalue weighted by Gasteiger charge is -2.35. The summed E-state index contributed by atoms with van der Waals surface area (Å²) in [6.07, 6.45) is 2.91. The number of carbonyl (C=O) groups excluding carboxylic acids is 1. The zero-order valence-electron chi connectivity index (χ0n) is 14.6. The molecule has 3 rings (SSSR count). The molecule has 2 unspecified atom stereocenters. The van der Waals surface area contributed by atoms with Crippen LogP contribution in [0.4, 0.5) is 0 Å². The Kier molecular flexibility index (Phi) is 4.71. The van der Waals surface area contributed by atoms with Gasteiger partial charge in [-0.25, -0.2) is 13.1 Å². The van der Waals surface area contributed by atoms with Crippen molar-refractivity contribution in [1.29, 1.82) is 0 Å². The molecule has 0 radical (unpaired) electrons. The number of likely N-dealkylation sites (tertiary alicyclic amines) is 1. The minimum Gasteiger partial charge on any atom is -0.338 e. The molecule has 132 valence electrons. The monoisotopic (exact) mass is 350 g/mol. The molecule has 0 bridgehead atoms. The summed E-state index contributed by atoms with van der Waals surface area (Å²) in [7, 11) is -3.54. The zero-order valence-corrected chi connectivity index (χ0v) is 15.4. The molecule has 1 aliphatic carbocycles. The molecule has 24 heavy (non-hydrogen) atoms. The fourth-order valence-corrected chi connectivity index (χ4v) is 4.82. The molecule has 1 amide bonds. The summed E-state index contributed by atoms with van der Waals surface area (Å²) < 4.78 is 27.5. The second-order valence-electron chi connectivity index (χ2n) is 7.53. The lowest BCUT2D eigenvalue weighted by atomic mass is 9.91. The topological polar surface area (TPSA) is 66.5 Å². The Balaban J connectivity index is 1.87. The maximum Gasteiger partial charge on any atom is 0.254 e. The van der Waals surface area contributed by atoms with E-state index < -0.39 is 10.0 Å². The highest BCUT2D eigenvalue weighted by Crippen LogP contribution is 2.26. The van der Waals surface area contributed by atoms with Gasteiger partial charge in [-0.2, -0.15) is 0 Å². The molecule has 1 aromatic rings. The fraction of sp³-hybridized carbons (Fsp3) is 0.611. The van der Waals surface area contributed by atoms with Gasteiger partial charge in [0, 0.05) is 24.7 Å². The number of benzene rings is 1. The Bertz CT molecular complexity index is 731. The quantitative estimate of drug-likeness (QED) is 0.907. The first-order chi connectivity index (χ1) is 11.3. The van der Waals surface area contributed by atoms with Crippen LogP contribution < -0.4 is 4.72 Å². The lowest BCUT2D eigenvalue weighted by Crippen LogP contribution is -2.42. The Morgan fingerprint density at radius 2 is 1.79 bits per heavy atom. The Morgan fingerprint density at radius 3 is 2.38 bits per heavy atom. The maximum absolute atomic E-state index is 12.9. The van der Waals surface area contributed by atoms with Crippen LogP contribution in [0.2, 0.25) is 0 Å². The van der Waals surface area contributed by atoms with Gasteiger partial charge in [-0.1, -0.05) is 19.9 Å². The molecule has 6 heteroatoms. The van der Waals surface area contributed by atoms with E-state index in [9.17, 15) is 13.2 Å². The van der Waals surface area contributed by atoms with Crippen LogP contribution in [-0.4, -0.2) is 38.4 Å². The van der Waals surface area contributed by atoms with Gasteiger partial charge in [0.05, 0.1) is 4.90 Å². The third-order valence-corrected chi connectivity index (χ3v) is 6.32. The van der Waals surface area contributed by atoms with Gasteiger partial charge in [0.15, 0.2) is 0 Å². The third kappa shape index (κ3) is 3.81. The number of sulfonamides is 1. The molecule has 2 atom stereocenters. The SMILES string of the molecule is Cc1ccc(S(=O)(=O)NC2CC2)cc1C(=O)N1CC(C)CC(C)C1. The van der Waals surface area contributed by atoms with Crippen LogP contribution in [-0.2, 0) is 10.0 Å². The molecular formula is C18H26N2O3S. The van der Waals surface area contributed by atoms with E-state index in [2.05, 4.69) is 18.6 Å². The number of nitrogens with zero attached hydrogens (tertiary/aromatic N) is 1. The average Bonchev–Trinajstić information content (AvgIpc) is 3.29. The van der Waals surface area contributed by atoms with Crippen molar-refractivity contribution in [2.75, 3.05) is 13.1 Å². The number of hydrogen-bond donors (Lipinski definition) is 1. The number of piperidine rings is 1. The number of nitrogens with one attached hydrogen (secondary N) is 1. The third-order valence-electron chi connectivity index (χ3n) is 4.80. The Hall–Kier alpha value is -1.40. The van der Waals surface area contributed by atoms with Gasteiger partial charge in [-0.3, -0.25) is 4.79 Å². The predicted molar refractivity (Wildman–Crippen MR) is 93.4 cm³/mol. The van der Waals surface area contributed by atoms with Crippen LogP contribution >= 0.6 is 0 Å². The highest BCUT2D eigenvalue weighted by atomic mass is 32.2. The van der Waals surface area contributed by atoms with E-state index in [0.29, 0.717) is 17.4 Å². The highest BCUT2D eigenvalue weighted by molar-refractivity contribution is 7.89. The smallest absolute Gasteiger partial charge is 0.254 e. The van der Waals surface area contributed by atoms with E-state index >= 15 is 0 Å². The van der Waals surface area contributed by atoms with Crippen molar-refractivity contribution >= 4 is 15.9 Å². The summed E-state index contributed by atoms with van der Waals surface area (Å²) in [6.45, 7) is 7.64. The van der Waals surface area contributed by atoms with Crippen molar-refractivity contribution in [3.63, 3.8) is 0 Å². The summed E-state index contributed by atoms with van der Waals surface area (Å²) in [5, 5.41) is 0. The zero-order chi connectivity index (χ0) is 17.5. The van der Waals surface area contributed by atoms with E-state index in [4.69, 9.17) is 0 Å². The van der Waals surface area contributed by atoms with Crippen molar-refractivity contribution in [2.45, 2.75) is 51.0 Å². The number of aryl methyl sites for hydroxylation is 1. The maximum atomic E-state index is 12.9. The standard InChI is InChI=1S/C18H26N2O3S/c1-12-8-13(2)11-20(10-12)18(21)17-9-16(7-4-14(17)3)24(22,23)19-15-5-6-15/h4,7,9,12-13,15,19H,5-6,8,10-11H2,1-3H3. The molecule has 2 fully saturated rings. The van der Waals surface area contributed by atoms with E-state index in [1.165, 1.54) is 6.07 Å². The van der Waals surface area contributed by atoms with Crippen LogP contribution in [0.5, 0.6) is 0 Å². The van der Waals surface area contributed by atoms with Crippen LogP contribution in [0.25, 0.3) is 0 Å².